The van der Waals surface area contributed by atoms with Gasteiger partial charge in [-0.15, -0.1) is 0 Å². The molecule has 19 heavy (non-hydrogen) atoms. The molecule has 0 atom stereocenters. The smallest absolute Gasteiger partial charge is 0.244 e. The first-order valence-corrected chi connectivity index (χ1v) is 6.83. The minimum Gasteiger partial charge on any atom is -0.494 e. The molecule has 0 heterocycles. The van der Waals surface area contributed by atoms with Gasteiger partial charge >= 0.3 is 0 Å². The monoisotopic (exact) mass is 262 g/mol. The quantitative estimate of drug-likeness (QED) is 0.828. The van der Waals surface area contributed by atoms with Crippen LogP contribution in [0, 0.1) is 5.92 Å². The molecule has 2 rings (SSSR count). The van der Waals surface area contributed by atoms with Gasteiger partial charge in [0.15, 0.2) is 0 Å². The SMILES string of the molecule is CC(C)CCOc1cccc(NC(=O)C2(N)CC2)c1. The molecule has 1 aromatic carbocycles. The fourth-order valence-corrected chi connectivity index (χ4v) is 1.69. The summed E-state index contributed by atoms with van der Waals surface area (Å²) in [5.41, 5.74) is 5.94. The van der Waals surface area contributed by atoms with Gasteiger partial charge in [0.2, 0.25) is 5.91 Å². The zero-order valence-electron chi connectivity index (χ0n) is 11.6. The highest BCUT2D eigenvalue weighted by Crippen LogP contribution is 2.33. The molecule has 1 fully saturated rings. The van der Waals surface area contributed by atoms with Gasteiger partial charge < -0.3 is 15.8 Å². The fraction of sp³-hybridized carbons (Fsp3) is 0.533. The fourth-order valence-electron chi connectivity index (χ4n) is 1.69. The Kier molecular flexibility index (Phi) is 4.10. The summed E-state index contributed by atoms with van der Waals surface area (Å²) < 4.78 is 5.66. The van der Waals surface area contributed by atoms with Crippen molar-refractivity contribution in [2.75, 3.05) is 11.9 Å². The predicted octanol–water partition coefficient (Wildman–Crippen LogP) is 2.54. The van der Waals surface area contributed by atoms with Gasteiger partial charge in [-0.25, -0.2) is 0 Å². The van der Waals surface area contributed by atoms with Crippen LogP contribution in [0.5, 0.6) is 5.75 Å². The Morgan fingerprint density at radius 1 is 1.47 bits per heavy atom. The third kappa shape index (κ3) is 3.96. The number of hydrogen-bond donors (Lipinski definition) is 2. The highest BCUT2D eigenvalue weighted by atomic mass is 16.5. The van der Waals surface area contributed by atoms with Crippen molar-refractivity contribution in [3.8, 4) is 5.75 Å². The van der Waals surface area contributed by atoms with Crippen LogP contribution in [0.2, 0.25) is 0 Å². The van der Waals surface area contributed by atoms with Crippen LogP contribution in [0.15, 0.2) is 24.3 Å². The lowest BCUT2D eigenvalue weighted by Crippen LogP contribution is -2.37. The van der Waals surface area contributed by atoms with E-state index >= 15 is 0 Å². The van der Waals surface area contributed by atoms with E-state index < -0.39 is 5.54 Å². The summed E-state index contributed by atoms with van der Waals surface area (Å²) in [6.07, 6.45) is 2.55. The number of carbonyl (C=O) groups is 1. The predicted molar refractivity (Wildman–Crippen MR) is 76.2 cm³/mol. The summed E-state index contributed by atoms with van der Waals surface area (Å²) in [5.74, 6) is 1.29. The molecule has 0 radical (unpaired) electrons. The molecule has 1 aromatic rings. The molecule has 0 aliphatic heterocycles. The molecule has 104 valence electrons. The number of nitrogens with two attached hydrogens (primary N) is 1. The second-order valence-electron chi connectivity index (χ2n) is 5.67. The van der Waals surface area contributed by atoms with Gasteiger partial charge in [0.25, 0.3) is 0 Å². The summed E-state index contributed by atoms with van der Waals surface area (Å²) in [5, 5.41) is 2.84. The molecule has 1 saturated carbocycles. The Bertz CT molecular complexity index is 453. The second kappa shape index (κ2) is 5.61. The summed E-state index contributed by atoms with van der Waals surface area (Å²) in [4.78, 5) is 11.8. The molecule has 0 saturated heterocycles. The Labute approximate surface area is 114 Å². The standard InChI is InChI=1S/C15H22N2O2/c1-11(2)6-9-19-13-5-3-4-12(10-13)17-14(18)15(16)7-8-15/h3-5,10-11H,6-9,16H2,1-2H3,(H,17,18). The molecule has 4 heteroatoms. The van der Waals surface area contributed by atoms with Crippen molar-refractivity contribution >= 4 is 11.6 Å². The molecule has 1 amide bonds. The van der Waals surface area contributed by atoms with Crippen LogP contribution in [0.4, 0.5) is 5.69 Å². The van der Waals surface area contributed by atoms with Gasteiger partial charge in [0, 0.05) is 11.8 Å². The first-order chi connectivity index (χ1) is 8.99. The molecule has 1 aliphatic rings. The number of rotatable bonds is 6. The number of amides is 1. The number of ether oxygens (including phenoxy) is 1. The zero-order valence-corrected chi connectivity index (χ0v) is 11.6. The largest absolute Gasteiger partial charge is 0.494 e. The minimum absolute atomic E-state index is 0.105. The maximum Gasteiger partial charge on any atom is 0.244 e. The van der Waals surface area contributed by atoms with Gasteiger partial charge in [0.1, 0.15) is 5.75 Å². The normalized spacial score (nSPS) is 16.2. The molecule has 0 bridgehead atoms. The van der Waals surface area contributed by atoms with Crippen LogP contribution in [0.25, 0.3) is 0 Å². The van der Waals surface area contributed by atoms with E-state index in [4.69, 9.17) is 10.5 Å². The number of hydrogen-bond acceptors (Lipinski definition) is 3. The van der Waals surface area contributed by atoms with E-state index in [1.165, 1.54) is 0 Å². The summed E-state index contributed by atoms with van der Waals surface area (Å²) in [6, 6.07) is 7.45. The number of benzene rings is 1. The van der Waals surface area contributed by atoms with E-state index in [2.05, 4.69) is 19.2 Å². The lowest BCUT2D eigenvalue weighted by Gasteiger charge is -2.12. The van der Waals surface area contributed by atoms with E-state index in [0.29, 0.717) is 12.5 Å². The van der Waals surface area contributed by atoms with Crippen molar-refractivity contribution in [1.82, 2.24) is 0 Å². The third-order valence-electron chi connectivity index (χ3n) is 3.30. The molecule has 4 nitrogen and oxygen atoms in total. The number of carbonyl (C=O) groups excluding carboxylic acids is 1. The van der Waals surface area contributed by atoms with Gasteiger partial charge in [-0.1, -0.05) is 19.9 Å². The Morgan fingerprint density at radius 2 is 2.21 bits per heavy atom. The first-order valence-electron chi connectivity index (χ1n) is 6.83. The molecule has 0 aromatic heterocycles. The average molecular weight is 262 g/mol. The maximum atomic E-state index is 11.8. The molecular formula is C15H22N2O2. The molecular weight excluding hydrogens is 240 g/mol. The zero-order chi connectivity index (χ0) is 13.9. The average Bonchev–Trinajstić information content (AvgIpc) is 3.09. The molecule has 0 unspecified atom stereocenters. The number of anilines is 1. The van der Waals surface area contributed by atoms with Crippen molar-refractivity contribution in [2.24, 2.45) is 11.7 Å². The highest BCUT2D eigenvalue weighted by molar-refractivity contribution is 6.00. The molecule has 0 spiro atoms. The van der Waals surface area contributed by atoms with Crippen molar-refractivity contribution in [2.45, 2.75) is 38.6 Å². The lowest BCUT2D eigenvalue weighted by molar-refractivity contribution is -0.118. The van der Waals surface area contributed by atoms with Crippen LogP contribution in [-0.2, 0) is 4.79 Å². The Balaban J connectivity index is 1.89. The van der Waals surface area contributed by atoms with Crippen molar-refractivity contribution < 1.29 is 9.53 Å². The van der Waals surface area contributed by atoms with Gasteiger partial charge in [-0.2, -0.15) is 0 Å². The maximum absolute atomic E-state index is 11.8. The second-order valence-corrected chi connectivity index (χ2v) is 5.67. The number of nitrogens with one attached hydrogen (secondary N) is 1. The van der Waals surface area contributed by atoms with Crippen LogP contribution in [-0.4, -0.2) is 18.1 Å². The van der Waals surface area contributed by atoms with E-state index in [9.17, 15) is 4.79 Å². The van der Waals surface area contributed by atoms with Gasteiger partial charge in [-0.05, 0) is 37.3 Å². The highest BCUT2D eigenvalue weighted by Gasteiger charge is 2.45. The third-order valence-corrected chi connectivity index (χ3v) is 3.30. The first kappa shape index (κ1) is 13.9. The van der Waals surface area contributed by atoms with Crippen LogP contribution in [0.1, 0.15) is 33.1 Å². The van der Waals surface area contributed by atoms with Crippen molar-refractivity contribution in [1.29, 1.82) is 0 Å². The van der Waals surface area contributed by atoms with E-state index in [1.807, 2.05) is 24.3 Å². The van der Waals surface area contributed by atoms with Crippen LogP contribution >= 0.6 is 0 Å². The summed E-state index contributed by atoms with van der Waals surface area (Å²) in [6.45, 7) is 5.02. The van der Waals surface area contributed by atoms with E-state index in [1.54, 1.807) is 0 Å². The van der Waals surface area contributed by atoms with E-state index in [-0.39, 0.29) is 5.91 Å². The Morgan fingerprint density at radius 3 is 2.84 bits per heavy atom. The van der Waals surface area contributed by atoms with Crippen molar-refractivity contribution in [3.63, 3.8) is 0 Å². The summed E-state index contributed by atoms with van der Waals surface area (Å²) in [7, 11) is 0. The van der Waals surface area contributed by atoms with Gasteiger partial charge in [-0.3, -0.25) is 4.79 Å². The minimum atomic E-state index is -0.644. The van der Waals surface area contributed by atoms with Crippen LogP contribution < -0.4 is 15.8 Å². The summed E-state index contributed by atoms with van der Waals surface area (Å²) >= 11 is 0. The van der Waals surface area contributed by atoms with Crippen LogP contribution in [0.3, 0.4) is 0 Å². The van der Waals surface area contributed by atoms with Crippen molar-refractivity contribution in [3.05, 3.63) is 24.3 Å². The lowest BCUT2D eigenvalue weighted by atomic mass is 10.1. The van der Waals surface area contributed by atoms with Gasteiger partial charge in [0.05, 0.1) is 12.1 Å². The molecule has 3 N–H and O–H groups in total. The topological polar surface area (TPSA) is 64.3 Å². The Hall–Kier alpha value is -1.55. The van der Waals surface area contributed by atoms with E-state index in [0.717, 1.165) is 30.7 Å². The molecule has 1 aliphatic carbocycles.